The van der Waals surface area contributed by atoms with Crippen molar-refractivity contribution in [3.05, 3.63) is 34.6 Å². The van der Waals surface area contributed by atoms with Gasteiger partial charge < -0.3 is 19.1 Å². The molecule has 0 saturated carbocycles. The molecule has 0 N–H and O–H groups in total. The molecule has 7 nitrogen and oxygen atoms in total. The molecule has 31 heavy (non-hydrogen) atoms. The summed E-state index contributed by atoms with van der Waals surface area (Å²) < 4.78 is 17.0. The molecule has 164 valence electrons. The average molecular weight is 443 g/mol. The quantitative estimate of drug-likeness (QED) is 0.585. The van der Waals surface area contributed by atoms with E-state index in [1.807, 2.05) is 19.9 Å². The van der Waals surface area contributed by atoms with E-state index in [2.05, 4.69) is 23.7 Å². The Bertz CT molecular complexity index is 1100. The van der Waals surface area contributed by atoms with Gasteiger partial charge in [-0.05, 0) is 33.8 Å². The number of methoxy groups -OCH3 is 2. The minimum Gasteiger partial charge on any atom is -0.496 e. The van der Waals surface area contributed by atoms with E-state index in [1.165, 1.54) is 0 Å². The summed E-state index contributed by atoms with van der Waals surface area (Å²) in [6.07, 6.45) is 1.98. The minimum absolute atomic E-state index is 0.0994. The topological polar surface area (TPSA) is 69.6 Å². The van der Waals surface area contributed by atoms with Gasteiger partial charge in [-0.3, -0.25) is 4.98 Å². The standard InChI is InChI=1S/C23H27ClN4O3/c1-12-7-16-17(9-25-12)26-22(27-23(16)28-10-13(2)31-14(3)11-28)20-15(4)18(29-5)8-19(30-6)21(20)24/h7-9,13-14H,10-11H2,1-6H3. The third-order valence-electron chi connectivity index (χ3n) is 5.52. The maximum atomic E-state index is 6.73. The lowest BCUT2D eigenvalue weighted by molar-refractivity contribution is -0.00536. The molecule has 2 unspecified atom stereocenters. The molecule has 1 aliphatic heterocycles. The van der Waals surface area contributed by atoms with Gasteiger partial charge in [0.05, 0.1) is 43.2 Å². The number of hydrogen-bond donors (Lipinski definition) is 0. The summed E-state index contributed by atoms with van der Waals surface area (Å²) in [5.41, 5.74) is 3.21. The molecule has 4 rings (SSSR count). The van der Waals surface area contributed by atoms with Crippen molar-refractivity contribution in [2.24, 2.45) is 0 Å². The molecule has 0 radical (unpaired) electrons. The second kappa shape index (κ2) is 8.48. The lowest BCUT2D eigenvalue weighted by Gasteiger charge is -2.36. The van der Waals surface area contributed by atoms with Gasteiger partial charge in [-0.15, -0.1) is 0 Å². The summed E-state index contributed by atoms with van der Waals surface area (Å²) in [7, 11) is 3.20. The van der Waals surface area contributed by atoms with Crippen LogP contribution in [0, 0.1) is 13.8 Å². The van der Waals surface area contributed by atoms with E-state index in [0.717, 1.165) is 41.1 Å². The summed E-state index contributed by atoms with van der Waals surface area (Å²) >= 11 is 6.73. The van der Waals surface area contributed by atoms with E-state index in [1.54, 1.807) is 26.5 Å². The van der Waals surface area contributed by atoms with E-state index >= 15 is 0 Å². The van der Waals surface area contributed by atoms with E-state index in [4.69, 9.17) is 35.8 Å². The molecule has 1 aromatic carbocycles. The van der Waals surface area contributed by atoms with Crippen LogP contribution in [0.2, 0.25) is 5.02 Å². The lowest BCUT2D eigenvalue weighted by atomic mass is 10.1. The minimum atomic E-state index is 0.0994. The van der Waals surface area contributed by atoms with E-state index < -0.39 is 0 Å². The van der Waals surface area contributed by atoms with Crippen LogP contribution in [0.5, 0.6) is 11.5 Å². The Kier molecular flexibility index (Phi) is 5.90. The number of aromatic nitrogens is 3. The smallest absolute Gasteiger partial charge is 0.164 e. The maximum Gasteiger partial charge on any atom is 0.164 e. The third kappa shape index (κ3) is 4.00. The fourth-order valence-corrected chi connectivity index (χ4v) is 4.51. The second-order valence-electron chi connectivity index (χ2n) is 7.97. The number of benzene rings is 1. The van der Waals surface area contributed by atoms with Crippen LogP contribution in [0.15, 0.2) is 18.3 Å². The Morgan fingerprint density at radius 1 is 1.03 bits per heavy atom. The Balaban J connectivity index is 1.98. The zero-order valence-corrected chi connectivity index (χ0v) is 19.4. The zero-order chi connectivity index (χ0) is 22.3. The van der Waals surface area contributed by atoms with E-state index in [-0.39, 0.29) is 12.2 Å². The van der Waals surface area contributed by atoms with Crippen molar-refractivity contribution in [2.45, 2.75) is 39.9 Å². The van der Waals surface area contributed by atoms with Crippen molar-refractivity contribution in [1.29, 1.82) is 0 Å². The number of aryl methyl sites for hydroxylation is 1. The van der Waals surface area contributed by atoms with Crippen LogP contribution in [0.1, 0.15) is 25.1 Å². The van der Waals surface area contributed by atoms with Crippen LogP contribution in [-0.4, -0.2) is 54.5 Å². The van der Waals surface area contributed by atoms with Gasteiger partial charge in [0.25, 0.3) is 0 Å². The average Bonchev–Trinajstić information content (AvgIpc) is 2.73. The summed E-state index contributed by atoms with van der Waals surface area (Å²) in [6, 6.07) is 3.80. The van der Waals surface area contributed by atoms with Crippen molar-refractivity contribution in [2.75, 3.05) is 32.2 Å². The SMILES string of the molecule is COc1cc(OC)c(Cl)c(-c2nc(N3CC(C)OC(C)C3)c3cc(C)ncc3n2)c1C. The first-order chi connectivity index (χ1) is 14.8. The number of anilines is 1. The maximum absolute atomic E-state index is 6.73. The number of nitrogens with zero attached hydrogens (tertiary/aromatic N) is 4. The van der Waals surface area contributed by atoms with Gasteiger partial charge in [-0.2, -0.15) is 0 Å². The lowest BCUT2D eigenvalue weighted by Crippen LogP contribution is -2.46. The molecule has 0 spiro atoms. The Hall–Kier alpha value is -2.64. The molecule has 3 heterocycles. The fourth-order valence-electron chi connectivity index (χ4n) is 4.15. The summed E-state index contributed by atoms with van der Waals surface area (Å²) in [5, 5.41) is 1.41. The molecule has 0 bridgehead atoms. The van der Waals surface area contributed by atoms with Gasteiger partial charge in [-0.1, -0.05) is 11.6 Å². The summed E-state index contributed by atoms with van der Waals surface area (Å²) in [4.78, 5) is 16.5. The molecule has 2 aromatic heterocycles. The van der Waals surface area contributed by atoms with Crippen LogP contribution in [0.25, 0.3) is 22.3 Å². The first-order valence-corrected chi connectivity index (χ1v) is 10.7. The molecular formula is C23H27ClN4O3. The predicted octanol–water partition coefficient (Wildman–Crippen LogP) is 4.59. The van der Waals surface area contributed by atoms with Crippen molar-refractivity contribution < 1.29 is 14.2 Å². The number of ether oxygens (including phenoxy) is 3. The number of rotatable bonds is 4. The van der Waals surface area contributed by atoms with Crippen molar-refractivity contribution in [1.82, 2.24) is 15.0 Å². The largest absolute Gasteiger partial charge is 0.496 e. The normalized spacial score (nSPS) is 19.0. The van der Waals surface area contributed by atoms with Crippen molar-refractivity contribution in [3.63, 3.8) is 0 Å². The molecule has 0 aliphatic carbocycles. The van der Waals surface area contributed by atoms with Crippen LogP contribution in [0.4, 0.5) is 5.82 Å². The first-order valence-electron chi connectivity index (χ1n) is 10.3. The van der Waals surface area contributed by atoms with Crippen molar-refractivity contribution in [3.8, 4) is 22.9 Å². The molecule has 8 heteroatoms. The van der Waals surface area contributed by atoms with Gasteiger partial charge in [0.15, 0.2) is 5.82 Å². The molecule has 0 amide bonds. The van der Waals surface area contributed by atoms with Crippen LogP contribution in [0.3, 0.4) is 0 Å². The van der Waals surface area contributed by atoms with Crippen LogP contribution >= 0.6 is 11.6 Å². The van der Waals surface area contributed by atoms with Gasteiger partial charge in [0.1, 0.15) is 17.3 Å². The zero-order valence-electron chi connectivity index (χ0n) is 18.7. The second-order valence-corrected chi connectivity index (χ2v) is 8.35. The van der Waals surface area contributed by atoms with E-state index in [9.17, 15) is 0 Å². The van der Waals surface area contributed by atoms with Gasteiger partial charge in [0, 0.05) is 41.4 Å². The highest BCUT2D eigenvalue weighted by atomic mass is 35.5. The molecule has 3 aromatic rings. The highest BCUT2D eigenvalue weighted by Gasteiger charge is 2.27. The Labute approximate surface area is 187 Å². The summed E-state index contributed by atoms with van der Waals surface area (Å²) in [5.74, 6) is 2.54. The number of hydrogen-bond acceptors (Lipinski definition) is 7. The number of pyridine rings is 1. The molecule has 1 aliphatic rings. The number of fused-ring (bicyclic) bond motifs is 1. The molecule has 1 saturated heterocycles. The monoisotopic (exact) mass is 442 g/mol. The Morgan fingerprint density at radius 3 is 2.35 bits per heavy atom. The number of halogens is 1. The van der Waals surface area contributed by atoms with Gasteiger partial charge >= 0.3 is 0 Å². The molecule has 1 fully saturated rings. The van der Waals surface area contributed by atoms with Crippen molar-refractivity contribution >= 4 is 28.3 Å². The first kappa shape index (κ1) is 21.6. The van der Waals surface area contributed by atoms with Crippen LogP contribution in [-0.2, 0) is 4.74 Å². The Morgan fingerprint density at radius 2 is 1.71 bits per heavy atom. The predicted molar refractivity (Wildman–Crippen MR) is 123 cm³/mol. The molecular weight excluding hydrogens is 416 g/mol. The van der Waals surface area contributed by atoms with Crippen LogP contribution < -0.4 is 14.4 Å². The van der Waals surface area contributed by atoms with E-state index in [0.29, 0.717) is 27.9 Å². The summed E-state index contributed by atoms with van der Waals surface area (Å²) in [6.45, 7) is 9.55. The highest BCUT2D eigenvalue weighted by molar-refractivity contribution is 6.35. The highest BCUT2D eigenvalue weighted by Crippen LogP contribution is 2.42. The number of morpholine rings is 1. The van der Waals surface area contributed by atoms with Gasteiger partial charge in [0.2, 0.25) is 0 Å². The fraction of sp³-hybridized carbons (Fsp3) is 0.435. The molecule has 2 atom stereocenters. The third-order valence-corrected chi connectivity index (χ3v) is 5.90. The van der Waals surface area contributed by atoms with Gasteiger partial charge in [-0.25, -0.2) is 9.97 Å².